The topological polar surface area (TPSA) is 59.2 Å². The number of thiazole rings is 1. The van der Waals surface area contributed by atoms with Crippen molar-refractivity contribution in [1.82, 2.24) is 9.88 Å². The van der Waals surface area contributed by atoms with Gasteiger partial charge in [-0.1, -0.05) is 12.2 Å². The number of piperidine rings is 1. The average Bonchev–Trinajstić information content (AvgIpc) is 2.91. The second-order valence-corrected chi connectivity index (χ2v) is 6.74. The lowest BCUT2D eigenvalue weighted by Crippen LogP contribution is -2.50. The summed E-state index contributed by atoms with van der Waals surface area (Å²) in [5.74, 6) is 0.0649. The predicted molar refractivity (Wildman–Crippen MR) is 80.3 cm³/mol. The third-order valence-corrected chi connectivity index (χ3v) is 6.03. The van der Waals surface area contributed by atoms with E-state index in [1.807, 2.05) is 11.2 Å². The van der Waals surface area contributed by atoms with Crippen LogP contribution in [0.25, 0.3) is 0 Å². The Bertz CT molecular complexity index is 438. The lowest BCUT2D eigenvalue weighted by molar-refractivity contribution is 0.0723. The van der Waals surface area contributed by atoms with Gasteiger partial charge in [-0.2, -0.15) is 11.8 Å². The Morgan fingerprint density at radius 1 is 1.61 bits per heavy atom. The van der Waals surface area contributed by atoms with Crippen molar-refractivity contribution < 1.29 is 4.79 Å². The van der Waals surface area contributed by atoms with Gasteiger partial charge in [0.2, 0.25) is 0 Å². The molecule has 0 radical (unpaired) electrons. The summed E-state index contributed by atoms with van der Waals surface area (Å²) in [5, 5.41) is 0. The van der Waals surface area contributed by atoms with Crippen molar-refractivity contribution in [3.8, 4) is 0 Å². The highest BCUT2D eigenvalue weighted by Crippen LogP contribution is 2.35. The molecule has 0 bridgehead atoms. The summed E-state index contributed by atoms with van der Waals surface area (Å²) in [6.45, 7) is 1.41. The van der Waals surface area contributed by atoms with Crippen molar-refractivity contribution in [2.45, 2.75) is 17.6 Å². The van der Waals surface area contributed by atoms with E-state index in [-0.39, 0.29) is 10.7 Å². The number of aromatic nitrogens is 1. The largest absolute Gasteiger partial charge is 0.392 e. The van der Waals surface area contributed by atoms with Gasteiger partial charge in [-0.15, -0.1) is 11.3 Å². The SMILES string of the molecule is CSC1(C(N)=S)CCN(C(=O)c2cncs2)CC1. The molecule has 18 heavy (non-hydrogen) atoms. The number of likely N-dealkylation sites (tertiary alicyclic amines) is 1. The maximum Gasteiger partial charge on any atom is 0.265 e. The van der Waals surface area contributed by atoms with Crippen LogP contribution in [-0.2, 0) is 0 Å². The summed E-state index contributed by atoms with van der Waals surface area (Å²) in [6, 6.07) is 0. The maximum absolute atomic E-state index is 12.2. The minimum atomic E-state index is -0.139. The molecule has 1 saturated heterocycles. The van der Waals surface area contributed by atoms with E-state index in [2.05, 4.69) is 4.98 Å². The quantitative estimate of drug-likeness (QED) is 0.862. The van der Waals surface area contributed by atoms with Gasteiger partial charge in [0.25, 0.3) is 5.91 Å². The lowest BCUT2D eigenvalue weighted by atomic mass is 9.95. The number of thiocarbonyl (C=S) groups is 1. The van der Waals surface area contributed by atoms with E-state index < -0.39 is 0 Å². The lowest BCUT2D eigenvalue weighted by Gasteiger charge is -2.39. The fourth-order valence-electron chi connectivity index (χ4n) is 2.10. The van der Waals surface area contributed by atoms with Gasteiger partial charge < -0.3 is 10.6 Å². The molecular weight excluding hydrogens is 286 g/mol. The third kappa shape index (κ3) is 2.53. The molecule has 1 aliphatic heterocycles. The van der Waals surface area contributed by atoms with Crippen molar-refractivity contribution >= 4 is 46.2 Å². The van der Waals surface area contributed by atoms with Crippen LogP contribution in [0.5, 0.6) is 0 Å². The zero-order valence-electron chi connectivity index (χ0n) is 10.1. The first-order valence-electron chi connectivity index (χ1n) is 5.62. The Hall–Kier alpha value is -0.660. The van der Waals surface area contributed by atoms with Gasteiger partial charge in [0.1, 0.15) is 4.88 Å². The van der Waals surface area contributed by atoms with Gasteiger partial charge in [0, 0.05) is 13.1 Å². The van der Waals surface area contributed by atoms with E-state index in [0.29, 0.717) is 23.0 Å². The fraction of sp³-hybridized carbons (Fsp3) is 0.545. The second-order valence-electron chi connectivity index (χ2n) is 4.22. The van der Waals surface area contributed by atoms with E-state index in [1.165, 1.54) is 11.3 Å². The smallest absolute Gasteiger partial charge is 0.265 e. The number of rotatable bonds is 3. The molecule has 2 heterocycles. The number of nitrogens with two attached hydrogens (primary N) is 1. The van der Waals surface area contributed by atoms with Crippen molar-refractivity contribution in [2.75, 3.05) is 19.3 Å². The Balaban J connectivity index is 2.02. The summed E-state index contributed by atoms with van der Waals surface area (Å²) in [5.41, 5.74) is 7.51. The van der Waals surface area contributed by atoms with Crippen molar-refractivity contribution in [3.63, 3.8) is 0 Å². The number of carbonyl (C=O) groups excluding carboxylic acids is 1. The van der Waals surface area contributed by atoms with Crippen LogP contribution in [0.15, 0.2) is 11.7 Å². The molecule has 0 aromatic carbocycles. The Labute approximate surface area is 120 Å². The first kappa shape index (κ1) is 13.8. The van der Waals surface area contributed by atoms with Crippen LogP contribution in [0.2, 0.25) is 0 Å². The van der Waals surface area contributed by atoms with Crippen LogP contribution in [0.3, 0.4) is 0 Å². The number of hydrogen-bond donors (Lipinski definition) is 1. The molecule has 0 aliphatic carbocycles. The highest BCUT2D eigenvalue weighted by atomic mass is 32.2. The molecule has 1 aromatic heterocycles. The summed E-state index contributed by atoms with van der Waals surface area (Å²) in [6.07, 6.45) is 5.30. The molecule has 0 saturated carbocycles. The Kier molecular flexibility index (Phi) is 4.24. The van der Waals surface area contributed by atoms with Crippen LogP contribution in [0.1, 0.15) is 22.5 Å². The van der Waals surface area contributed by atoms with Gasteiger partial charge in [-0.05, 0) is 19.1 Å². The molecule has 1 amide bonds. The van der Waals surface area contributed by atoms with Crippen LogP contribution >= 0.6 is 35.3 Å². The Morgan fingerprint density at radius 3 is 2.72 bits per heavy atom. The molecule has 1 aliphatic rings. The van der Waals surface area contributed by atoms with Gasteiger partial charge in [0.15, 0.2) is 0 Å². The predicted octanol–water partition coefficient (Wildman–Crippen LogP) is 1.77. The molecule has 0 unspecified atom stereocenters. The fourth-order valence-corrected chi connectivity index (χ4v) is 3.93. The van der Waals surface area contributed by atoms with E-state index in [9.17, 15) is 4.79 Å². The van der Waals surface area contributed by atoms with E-state index >= 15 is 0 Å². The molecule has 1 aromatic rings. The van der Waals surface area contributed by atoms with Crippen LogP contribution < -0.4 is 5.73 Å². The molecule has 2 N–H and O–H groups in total. The highest BCUT2D eigenvalue weighted by molar-refractivity contribution is 8.02. The number of amides is 1. The first-order valence-corrected chi connectivity index (χ1v) is 8.13. The number of hydrogen-bond acceptors (Lipinski definition) is 5. The third-order valence-electron chi connectivity index (χ3n) is 3.34. The number of thioether (sulfide) groups is 1. The molecule has 0 spiro atoms. The van der Waals surface area contributed by atoms with Crippen LogP contribution in [0, 0.1) is 0 Å². The standard InChI is InChI=1S/C11H15N3OS3/c1-17-11(10(12)16)2-4-14(5-3-11)9(15)8-6-13-7-18-8/h6-7H,2-5H2,1H3,(H2,12,16). The molecule has 0 atom stereocenters. The molecular formula is C11H15N3OS3. The zero-order valence-corrected chi connectivity index (χ0v) is 12.5. The molecule has 2 rings (SSSR count). The minimum Gasteiger partial charge on any atom is -0.392 e. The average molecular weight is 301 g/mol. The second kappa shape index (κ2) is 5.54. The van der Waals surface area contributed by atoms with Gasteiger partial charge in [-0.3, -0.25) is 9.78 Å². The maximum atomic E-state index is 12.2. The summed E-state index contributed by atoms with van der Waals surface area (Å²) >= 11 is 8.23. The molecule has 98 valence electrons. The van der Waals surface area contributed by atoms with Gasteiger partial charge >= 0.3 is 0 Å². The van der Waals surface area contributed by atoms with E-state index in [4.69, 9.17) is 18.0 Å². The number of nitrogens with zero attached hydrogens (tertiary/aromatic N) is 2. The summed E-state index contributed by atoms with van der Waals surface area (Å²) in [7, 11) is 0. The Morgan fingerprint density at radius 2 is 2.28 bits per heavy atom. The summed E-state index contributed by atoms with van der Waals surface area (Å²) in [4.78, 5) is 19.2. The zero-order chi connectivity index (χ0) is 13.2. The normalized spacial score (nSPS) is 18.6. The van der Waals surface area contributed by atoms with Crippen molar-refractivity contribution in [1.29, 1.82) is 0 Å². The van der Waals surface area contributed by atoms with Crippen molar-refractivity contribution in [2.24, 2.45) is 5.73 Å². The highest BCUT2D eigenvalue weighted by Gasteiger charge is 2.38. The van der Waals surface area contributed by atoms with Crippen LogP contribution in [-0.4, -0.2) is 44.9 Å². The number of carbonyl (C=O) groups is 1. The van der Waals surface area contributed by atoms with E-state index in [0.717, 1.165) is 12.8 Å². The van der Waals surface area contributed by atoms with Crippen molar-refractivity contribution in [3.05, 3.63) is 16.6 Å². The minimum absolute atomic E-state index is 0.0649. The molecule has 7 heteroatoms. The van der Waals surface area contributed by atoms with E-state index in [1.54, 1.807) is 23.5 Å². The molecule has 1 fully saturated rings. The first-order chi connectivity index (χ1) is 8.59. The molecule has 4 nitrogen and oxygen atoms in total. The van der Waals surface area contributed by atoms with Crippen LogP contribution in [0.4, 0.5) is 0 Å². The van der Waals surface area contributed by atoms with Gasteiger partial charge in [0.05, 0.1) is 21.4 Å². The monoisotopic (exact) mass is 301 g/mol. The summed E-state index contributed by atoms with van der Waals surface area (Å²) < 4.78 is -0.139. The van der Waals surface area contributed by atoms with Gasteiger partial charge in [-0.25, -0.2) is 0 Å².